The molecule has 2 aromatic carbocycles. The highest BCUT2D eigenvalue weighted by molar-refractivity contribution is 7.98. The van der Waals surface area contributed by atoms with Gasteiger partial charge < -0.3 is 15.4 Å². The van der Waals surface area contributed by atoms with E-state index in [2.05, 4.69) is 40.0 Å². The number of benzene rings is 2. The van der Waals surface area contributed by atoms with Crippen molar-refractivity contribution < 1.29 is 14.3 Å². The molecule has 0 radical (unpaired) electrons. The third-order valence-electron chi connectivity index (χ3n) is 6.51. The number of nitrogens with one attached hydrogen (secondary N) is 2. The van der Waals surface area contributed by atoms with E-state index >= 15 is 0 Å². The average Bonchev–Trinajstić information content (AvgIpc) is 3.63. The fourth-order valence-electron chi connectivity index (χ4n) is 4.71. The molecule has 2 aliphatic heterocycles. The molecule has 2 amide bonds. The van der Waals surface area contributed by atoms with Gasteiger partial charge in [-0.2, -0.15) is 16.9 Å². The van der Waals surface area contributed by atoms with Crippen LogP contribution in [0.25, 0.3) is 0 Å². The first-order valence-corrected chi connectivity index (χ1v) is 13.3. The van der Waals surface area contributed by atoms with Gasteiger partial charge in [0.25, 0.3) is 0 Å². The summed E-state index contributed by atoms with van der Waals surface area (Å²) >= 11 is 1.77. The van der Waals surface area contributed by atoms with Crippen molar-refractivity contribution in [2.45, 2.75) is 49.3 Å². The van der Waals surface area contributed by atoms with Crippen LogP contribution >= 0.6 is 11.8 Å². The van der Waals surface area contributed by atoms with Crippen LogP contribution < -0.4 is 10.6 Å². The normalized spacial score (nSPS) is 16.9. The van der Waals surface area contributed by atoms with Gasteiger partial charge >= 0.3 is 0 Å². The summed E-state index contributed by atoms with van der Waals surface area (Å²) < 4.78 is 7.24. The minimum Gasteiger partial charge on any atom is -0.376 e. The molecular weight excluding hydrogens is 460 g/mol. The van der Waals surface area contributed by atoms with Crippen molar-refractivity contribution in [2.75, 3.05) is 18.5 Å². The van der Waals surface area contributed by atoms with Gasteiger partial charge in [-0.25, -0.2) is 4.68 Å². The van der Waals surface area contributed by atoms with E-state index in [1.165, 1.54) is 0 Å². The summed E-state index contributed by atoms with van der Waals surface area (Å²) in [5.74, 6) is 1.93. The lowest BCUT2D eigenvalue weighted by Crippen LogP contribution is -2.34. The Morgan fingerprint density at radius 2 is 1.74 bits per heavy atom. The predicted molar refractivity (Wildman–Crippen MR) is 137 cm³/mol. The van der Waals surface area contributed by atoms with Gasteiger partial charge in [0.15, 0.2) is 0 Å². The summed E-state index contributed by atoms with van der Waals surface area (Å²) in [5, 5.41) is 10.7. The topological polar surface area (TPSA) is 85.2 Å². The fourth-order valence-corrected chi connectivity index (χ4v) is 5.75. The van der Waals surface area contributed by atoms with E-state index in [0.29, 0.717) is 18.8 Å². The second-order valence-electron chi connectivity index (χ2n) is 8.99. The molecule has 8 heteroatoms. The highest BCUT2D eigenvalue weighted by Crippen LogP contribution is 2.35. The van der Waals surface area contributed by atoms with Crippen molar-refractivity contribution in [3.63, 3.8) is 0 Å². The molecule has 1 aromatic heterocycles. The highest BCUT2D eigenvalue weighted by Gasteiger charge is 2.26. The van der Waals surface area contributed by atoms with Gasteiger partial charge in [-0.3, -0.25) is 9.59 Å². The summed E-state index contributed by atoms with van der Waals surface area (Å²) in [6.45, 7) is 1.33. The Balaban J connectivity index is 1.30. The van der Waals surface area contributed by atoms with Gasteiger partial charge in [-0.05, 0) is 24.0 Å². The van der Waals surface area contributed by atoms with Crippen LogP contribution in [0.5, 0.6) is 0 Å². The number of thioether (sulfide) groups is 1. The van der Waals surface area contributed by atoms with Crippen molar-refractivity contribution >= 4 is 29.4 Å². The Morgan fingerprint density at radius 1 is 1.03 bits per heavy atom. The number of aromatic nitrogens is 2. The van der Waals surface area contributed by atoms with Gasteiger partial charge in [-0.15, -0.1) is 0 Å². The third kappa shape index (κ3) is 5.77. The maximum atomic E-state index is 13.3. The Bertz CT molecular complexity index is 1120. The number of rotatable bonds is 9. The minimum atomic E-state index is -0.128. The molecule has 35 heavy (non-hydrogen) atoms. The van der Waals surface area contributed by atoms with Crippen LogP contribution in [0.2, 0.25) is 0 Å². The lowest BCUT2D eigenvalue weighted by molar-refractivity contribution is -0.122. The second kappa shape index (κ2) is 11.1. The molecule has 1 fully saturated rings. The first-order valence-electron chi connectivity index (χ1n) is 12.1. The molecule has 7 nitrogen and oxygen atoms in total. The van der Waals surface area contributed by atoms with Crippen LogP contribution in [-0.4, -0.2) is 40.9 Å². The van der Waals surface area contributed by atoms with E-state index in [0.717, 1.165) is 53.3 Å². The van der Waals surface area contributed by atoms with Crippen molar-refractivity contribution in [1.29, 1.82) is 0 Å². The van der Waals surface area contributed by atoms with Crippen LogP contribution in [0, 0.1) is 0 Å². The molecule has 0 spiro atoms. The van der Waals surface area contributed by atoms with Crippen LogP contribution in [0.15, 0.2) is 60.7 Å². The van der Waals surface area contributed by atoms with E-state index in [-0.39, 0.29) is 30.4 Å². The Morgan fingerprint density at radius 3 is 2.40 bits per heavy atom. The van der Waals surface area contributed by atoms with Gasteiger partial charge in [-0.1, -0.05) is 60.7 Å². The second-order valence-corrected chi connectivity index (χ2v) is 9.98. The number of amides is 2. The molecule has 2 N–H and O–H groups in total. The number of hydrogen-bond donors (Lipinski definition) is 2. The molecule has 2 aliphatic rings. The number of carbonyl (C=O) groups is 2. The van der Waals surface area contributed by atoms with E-state index < -0.39 is 0 Å². The summed E-state index contributed by atoms with van der Waals surface area (Å²) in [6, 6.07) is 20.2. The molecular formula is C27H30N4O3S. The molecule has 3 aromatic rings. The maximum Gasteiger partial charge on any atom is 0.241 e. The number of carbonyl (C=O) groups excluding carboxylic acids is 2. The lowest BCUT2D eigenvalue weighted by atomic mass is 9.88. The van der Waals surface area contributed by atoms with Crippen LogP contribution in [0.3, 0.4) is 0 Å². The average molecular weight is 491 g/mol. The maximum absolute atomic E-state index is 13.3. The molecule has 0 bridgehead atoms. The van der Waals surface area contributed by atoms with Gasteiger partial charge in [0.2, 0.25) is 11.8 Å². The quantitative estimate of drug-likeness (QED) is 0.472. The first kappa shape index (κ1) is 23.6. The van der Waals surface area contributed by atoms with Crippen molar-refractivity contribution in [2.24, 2.45) is 0 Å². The molecule has 182 valence electrons. The molecule has 3 heterocycles. The van der Waals surface area contributed by atoms with E-state index in [1.54, 1.807) is 16.4 Å². The standard InChI is InChI=1S/C27H30N4O3S/c32-25(14-22(19-8-3-1-4-9-19)20-10-5-2-6-11-20)29-27-23-17-35-18-24(23)30-31(27)16-26(33)28-15-21-12-7-13-34-21/h1-6,8-11,21-22H,7,12-18H2,(H,28,33)(H,29,32)/t21-/m0/s1. The lowest BCUT2D eigenvalue weighted by Gasteiger charge is -2.18. The molecule has 0 saturated carbocycles. The zero-order valence-corrected chi connectivity index (χ0v) is 20.4. The summed E-state index contributed by atoms with van der Waals surface area (Å²) in [5.41, 5.74) is 4.15. The van der Waals surface area contributed by atoms with E-state index in [9.17, 15) is 9.59 Å². The zero-order valence-electron chi connectivity index (χ0n) is 19.6. The molecule has 0 aliphatic carbocycles. The Labute approximate surface area is 209 Å². The van der Waals surface area contributed by atoms with Gasteiger partial charge in [0.05, 0.1) is 11.8 Å². The number of hydrogen-bond acceptors (Lipinski definition) is 5. The Hall–Kier alpha value is -3.10. The largest absolute Gasteiger partial charge is 0.376 e. The van der Waals surface area contributed by atoms with Gasteiger partial charge in [0, 0.05) is 42.6 Å². The zero-order chi connectivity index (χ0) is 24.0. The number of nitrogens with zero attached hydrogens (tertiary/aromatic N) is 2. The van der Waals surface area contributed by atoms with Crippen LogP contribution in [0.1, 0.15) is 47.6 Å². The first-order chi connectivity index (χ1) is 17.2. The van der Waals surface area contributed by atoms with Crippen molar-refractivity contribution in [3.8, 4) is 0 Å². The van der Waals surface area contributed by atoms with Crippen LogP contribution in [-0.2, 0) is 32.4 Å². The molecule has 1 saturated heterocycles. The number of ether oxygens (including phenoxy) is 1. The fraction of sp³-hybridized carbons (Fsp3) is 0.370. The summed E-state index contributed by atoms with van der Waals surface area (Å²) in [7, 11) is 0. The van der Waals surface area contributed by atoms with E-state index in [1.807, 2.05) is 36.4 Å². The third-order valence-corrected chi connectivity index (χ3v) is 7.48. The number of anilines is 1. The monoisotopic (exact) mass is 490 g/mol. The summed E-state index contributed by atoms with van der Waals surface area (Å²) in [6.07, 6.45) is 2.39. The number of fused-ring (bicyclic) bond motifs is 1. The van der Waals surface area contributed by atoms with Crippen molar-refractivity contribution in [1.82, 2.24) is 15.1 Å². The van der Waals surface area contributed by atoms with Gasteiger partial charge in [0.1, 0.15) is 12.4 Å². The van der Waals surface area contributed by atoms with Crippen molar-refractivity contribution in [3.05, 3.63) is 83.0 Å². The molecule has 0 unspecified atom stereocenters. The smallest absolute Gasteiger partial charge is 0.241 e. The minimum absolute atomic E-state index is 0.0640. The van der Waals surface area contributed by atoms with E-state index in [4.69, 9.17) is 4.74 Å². The summed E-state index contributed by atoms with van der Waals surface area (Å²) in [4.78, 5) is 26.0. The molecule has 5 rings (SSSR count). The molecule has 1 atom stereocenters. The van der Waals surface area contributed by atoms with Crippen LogP contribution in [0.4, 0.5) is 5.82 Å². The SMILES string of the molecule is O=C(Cn1nc2c(c1NC(=O)CC(c1ccccc1)c1ccccc1)CSC2)NC[C@@H]1CCCO1. The highest BCUT2D eigenvalue weighted by atomic mass is 32.2. The predicted octanol–water partition coefficient (Wildman–Crippen LogP) is 4.09. The Kier molecular flexibility index (Phi) is 7.49.